The van der Waals surface area contributed by atoms with Gasteiger partial charge in [-0.1, -0.05) is 78.4 Å². The molecule has 0 aromatic rings. The van der Waals surface area contributed by atoms with Crippen molar-refractivity contribution in [1.82, 2.24) is 0 Å². The number of thiol groups is 1. The molecule has 0 aromatic carbocycles. The van der Waals surface area contributed by atoms with Crippen LogP contribution in [0.15, 0.2) is 11.6 Å². The van der Waals surface area contributed by atoms with Crippen LogP contribution in [-0.2, 0) is 14.2 Å². The minimum Gasteiger partial charge on any atom is -0.394 e. The Labute approximate surface area is 286 Å². The molecule has 3 N–H and O–H groups in total. The average Bonchev–Trinajstić information content (AvgIpc) is 3.38. The van der Waals surface area contributed by atoms with Crippen LogP contribution in [0, 0.1) is 46.3 Å². The maximum absolute atomic E-state index is 10.3. The molecule has 1 unspecified atom stereocenters. The number of hydrogen-bond donors (Lipinski definition) is 4. The molecular formula is C39H68O6S. The Morgan fingerprint density at radius 3 is 2.35 bits per heavy atom. The number of aliphatic hydroxyl groups is 3. The van der Waals surface area contributed by atoms with E-state index in [1.54, 1.807) is 5.57 Å². The van der Waals surface area contributed by atoms with Crippen molar-refractivity contribution in [3.05, 3.63) is 11.6 Å². The highest BCUT2D eigenvalue weighted by Crippen LogP contribution is 2.67. The number of rotatable bonds is 15. The first-order valence-electron chi connectivity index (χ1n) is 19.2. The third kappa shape index (κ3) is 7.92. The van der Waals surface area contributed by atoms with E-state index in [2.05, 4.69) is 53.3 Å². The molecule has 0 bridgehead atoms. The molecule has 1 heterocycles. The third-order valence-corrected chi connectivity index (χ3v) is 14.2. The molecule has 1 saturated heterocycles. The van der Waals surface area contributed by atoms with E-state index in [4.69, 9.17) is 14.2 Å². The smallest absolute Gasteiger partial charge is 0.129 e. The Morgan fingerprint density at radius 1 is 0.891 bits per heavy atom. The summed E-state index contributed by atoms with van der Waals surface area (Å²) in [4.78, 5) is 0. The summed E-state index contributed by atoms with van der Waals surface area (Å²) in [7, 11) is 0. The van der Waals surface area contributed by atoms with Gasteiger partial charge in [0.15, 0.2) is 0 Å². The summed E-state index contributed by atoms with van der Waals surface area (Å²) in [5.41, 5.74) is 1.98. The van der Waals surface area contributed by atoms with Crippen LogP contribution in [0.2, 0.25) is 0 Å². The number of unbranched alkanes of at least 4 members (excludes halogenated alkanes) is 3. The first-order valence-corrected chi connectivity index (χ1v) is 19.7. The quantitative estimate of drug-likeness (QED) is 0.0815. The van der Waals surface area contributed by atoms with Crippen LogP contribution in [0.25, 0.3) is 0 Å². The van der Waals surface area contributed by atoms with Gasteiger partial charge in [0.2, 0.25) is 0 Å². The third-order valence-electron chi connectivity index (χ3n) is 13.8. The van der Waals surface area contributed by atoms with Gasteiger partial charge in [0.05, 0.1) is 12.7 Å². The Balaban J connectivity index is 1.02. The van der Waals surface area contributed by atoms with Crippen molar-refractivity contribution < 1.29 is 29.5 Å². The van der Waals surface area contributed by atoms with Crippen molar-refractivity contribution in [2.24, 2.45) is 46.3 Å². The van der Waals surface area contributed by atoms with Gasteiger partial charge in [-0.25, -0.2) is 0 Å². The van der Waals surface area contributed by atoms with E-state index in [9.17, 15) is 15.3 Å². The summed E-state index contributed by atoms with van der Waals surface area (Å²) in [5, 5.41) is 29.7. The highest BCUT2D eigenvalue weighted by atomic mass is 32.1. The monoisotopic (exact) mass is 664 g/mol. The van der Waals surface area contributed by atoms with E-state index in [0.29, 0.717) is 23.5 Å². The second-order valence-electron chi connectivity index (χ2n) is 17.0. The first-order chi connectivity index (χ1) is 22.0. The number of aliphatic hydroxyl groups excluding tert-OH is 3. The minimum atomic E-state index is -1.17. The van der Waals surface area contributed by atoms with Crippen molar-refractivity contribution in [2.45, 2.75) is 167 Å². The lowest BCUT2D eigenvalue weighted by atomic mass is 9.47. The molecule has 0 aromatic heterocycles. The Hall–Kier alpha value is -0.150. The van der Waals surface area contributed by atoms with E-state index in [1.165, 1.54) is 64.2 Å². The number of allylic oxidation sites excluding steroid dienone is 1. The lowest BCUT2D eigenvalue weighted by Crippen LogP contribution is -2.57. The standard InChI is InChI=1S/C39H68O6S/c1-25(2)11-10-12-26(3)30-15-16-31-29-14-13-27-23-28(17-19-38(27,4)32(29)18-20-39(30,31)5)43-21-8-6-7-9-22-44-36-35(42)34(41)33(24-40)45-37(36)46/h13,25-26,28-37,40-42,46H,6-12,14-24H2,1-5H3/t26-,28?,29+,30-,31+,32+,33-,34+,35+,36-,37+,38+,39-/m1/s1. The molecule has 0 amide bonds. The number of fused-ring (bicyclic) bond motifs is 5. The van der Waals surface area contributed by atoms with E-state index >= 15 is 0 Å². The first kappa shape index (κ1) is 37.1. The Morgan fingerprint density at radius 2 is 1.63 bits per heavy atom. The maximum atomic E-state index is 10.3. The van der Waals surface area contributed by atoms with E-state index in [-0.39, 0.29) is 6.61 Å². The Kier molecular flexibility index (Phi) is 13.1. The molecule has 5 rings (SSSR count). The van der Waals surface area contributed by atoms with Gasteiger partial charge >= 0.3 is 0 Å². The molecule has 0 radical (unpaired) electrons. The molecule has 1 aliphatic heterocycles. The van der Waals surface area contributed by atoms with Gasteiger partial charge in [-0.15, -0.1) is 12.6 Å². The van der Waals surface area contributed by atoms with Crippen molar-refractivity contribution >= 4 is 12.6 Å². The van der Waals surface area contributed by atoms with Gasteiger partial charge in [0.1, 0.15) is 29.9 Å². The molecular weight excluding hydrogens is 596 g/mol. The summed E-state index contributed by atoms with van der Waals surface area (Å²) in [6, 6.07) is 0. The predicted octanol–water partition coefficient (Wildman–Crippen LogP) is 7.73. The van der Waals surface area contributed by atoms with E-state index in [0.717, 1.165) is 74.2 Å². The molecule has 6 nitrogen and oxygen atoms in total. The molecule has 266 valence electrons. The molecule has 0 spiro atoms. The minimum absolute atomic E-state index is 0.360. The van der Waals surface area contributed by atoms with Gasteiger partial charge < -0.3 is 29.5 Å². The summed E-state index contributed by atoms with van der Waals surface area (Å²) in [5.74, 6) is 5.30. The second-order valence-corrected chi connectivity index (χ2v) is 17.5. The van der Waals surface area contributed by atoms with Gasteiger partial charge in [-0.3, -0.25) is 0 Å². The largest absolute Gasteiger partial charge is 0.394 e. The van der Waals surface area contributed by atoms with Gasteiger partial charge in [0.25, 0.3) is 0 Å². The highest BCUT2D eigenvalue weighted by molar-refractivity contribution is 7.80. The summed E-state index contributed by atoms with van der Waals surface area (Å²) >= 11 is 4.34. The number of ether oxygens (including phenoxy) is 3. The van der Waals surface area contributed by atoms with Gasteiger partial charge in [0, 0.05) is 13.2 Å². The average molecular weight is 665 g/mol. The van der Waals surface area contributed by atoms with Crippen LogP contribution in [0.3, 0.4) is 0 Å². The van der Waals surface area contributed by atoms with Crippen LogP contribution in [0.5, 0.6) is 0 Å². The van der Waals surface area contributed by atoms with Crippen molar-refractivity contribution in [2.75, 3.05) is 19.8 Å². The zero-order valence-corrected chi connectivity index (χ0v) is 30.6. The fourth-order valence-electron chi connectivity index (χ4n) is 11.1. The predicted molar refractivity (Wildman–Crippen MR) is 188 cm³/mol. The van der Waals surface area contributed by atoms with Crippen molar-refractivity contribution in [3.63, 3.8) is 0 Å². The summed E-state index contributed by atoms with van der Waals surface area (Å²) in [6.45, 7) is 13.6. The molecule has 4 aliphatic carbocycles. The molecule has 13 atom stereocenters. The normalized spacial score (nSPS) is 43.1. The SMILES string of the molecule is CC(C)CCC[C@@H](C)[C@H]1CC[C@H]2[C@@H]3CC=C4CC(OCCCCCCO[C@@H]5[C@@H](O)[C@@H](O)[C@@H](CO)O[C@H]5S)CC[C@]4(C)[C@H]3CC[C@]12C. The van der Waals surface area contributed by atoms with Crippen LogP contribution in [-0.4, -0.2) is 71.1 Å². The van der Waals surface area contributed by atoms with E-state index in [1.807, 2.05) is 0 Å². The van der Waals surface area contributed by atoms with Gasteiger partial charge in [-0.05, 0) is 111 Å². The lowest BCUT2D eigenvalue weighted by molar-refractivity contribution is -0.218. The topological polar surface area (TPSA) is 88.4 Å². The highest BCUT2D eigenvalue weighted by Gasteiger charge is 2.59. The Bertz CT molecular complexity index is 990. The van der Waals surface area contributed by atoms with Crippen LogP contribution < -0.4 is 0 Å². The molecule has 7 heteroatoms. The number of hydrogen-bond acceptors (Lipinski definition) is 7. The van der Waals surface area contributed by atoms with Gasteiger partial charge in [-0.2, -0.15) is 0 Å². The van der Waals surface area contributed by atoms with Crippen molar-refractivity contribution in [1.29, 1.82) is 0 Å². The molecule has 4 fully saturated rings. The van der Waals surface area contributed by atoms with Crippen LogP contribution in [0.4, 0.5) is 0 Å². The molecule has 5 aliphatic rings. The fourth-order valence-corrected chi connectivity index (χ4v) is 11.5. The van der Waals surface area contributed by atoms with Crippen molar-refractivity contribution in [3.8, 4) is 0 Å². The van der Waals surface area contributed by atoms with E-state index < -0.39 is 29.9 Å². The fraction of sp³-hybridized carbons (Fsp3) is 0.949. The van der Waals surface area contributed by atoms with Crippen LogP contribution in [0.1, 0.15) is 131 Å². The second kappa shape index (κ2) is 16.2. The summed E-state index contributed by atoms with van der Waals surface area (Å²) < 4.78 is 17.7. The zero-order valence-electron chi connectivity index (χ0n) is 29.7. The molecule has 3 saturated carbocycles. The lowest BCUT2D eigenvalue weighted by Gasteiger charge is -2.58. The zero-order chi connectivity index (χ0) is 33.1. The van der Waals surface area contributed by atoms with Crippen LogP contribution >= 0.6 is 12.6 Å². The molecule has 46 heavy (non-hydrogen) atoms. The maximum Gasteiger partial charge on any atom is 0.129 e. The summed E-state index contributed by atoms with van der Waals surface area (Å²) in [6.07, 6.45) is 18.2.